The number of thiazole rings is 1. The van der Waals surface area contributed by atoms with Gasteiger partial charge in [-0.25, -0.2) is 8.42 Å². The van der Waals surface area contributed by atoms with Crippen LogP contribution in [0.5, 0.6) is 0 Å². The van der Waals surface area contributed by atoms with Crippen LogP contribution in [0.1, 0.15) is 5.69 Å². The van der Waals surface area contributed by atoms with Crippen LogP contribution in [0.15, 0.2) is 9.00 Å². The van der Waals surface area contributed by atoms with Crippen LogP contribution in [0.4, 0.5) is 0 Å². The SMILES string of the molecule is Cc1[nH]c(=O)sc1S(=O)(=O)N1CCNC(=O)C1. The Kier molecular flexibility index (Phi) is 3.06. The summed E-state index contributed by atoms with van der Waals surface area (Å²) >= 11 is 0.644. The summed E-state index contributed by atoms with van der Waals surface area (Å²) in [4.78, 5) is 24.3. The van der Waals surface area contributed by atoms with Crippen LogP contribution < -0.4 is 10.2 Å². The zero-order valence-corrected chi connectivity index (χ0v) is 10.7. The van der Waals surface area contributed by atoms with Crippen LogP contribution in [0.25, 0.3) is 0 Å². The van der Waals surface area contributed by atoms with Gasteiger partial charge in [-0.2, -0.15) is 4.31 Å². The Balaban J connectivity index is 2.39. The van der Waals surface area contributed by atoms with Gasteiger partial charge in [-0.3, -0.25) is 9.59 Å². The van der Waals surface area contributed by atoms with E-state index in [0.717, 1.165) is 4.31 Å². The van der Waals surface area contributed by atoms with Crippen molar-refractivity contribution in [2.24, 2.45) is 0 Å². The number of piperazine rings is 1. The Morgan fingerprint density at radius 3 is 2.59 bits per heavy atom. The van der Waals surface area contributed by atoms with Gasteiger partial charge >= 0.3 is 4.87 Å². The molecule has 0 aromatic carbocycles. The summed E-state index contributed by atoms with van der Waals surface area (Å²) < 4.78 is 25.4. The predicted molar refractivity (Wildman–Crippen MR) is 61.4 cm³/mol. The van der Waals surface area contributed by atoms with Crippen LogP contribution in [0.2, 0.25) is 0 Å². The van der Waals surface area contributed by atoms with Gasteiger partial charge in [0.1, 0.15) is 0 Å². The lowest BCUT2D eigenvalue weighted by atomic mass is 10.4. The average Bonchev–Trinajstić information content (AvgIpc) is 2.58. The average molecular weight is 277 g/mol. The molecule has 1 aliphatic rings. The summed E-state index contributed by atoms with van der Waals surface area (Å²) in [5.41, 5.74) is 0.311. The number of aromatic amines is 1. The molecule has 1 aromatic heterocycles. The highest BCUT2D eigenvalue weighted by atomic mass is 32.2. The Morgan fingerprint density at radius 2 is 2.06 bits per heavy atom. The molecule has 2 rings (SSSR count). The minimum atomic E-state index is -3.75. The molecule has 0 spiro atoms. The van der Waals surface area contributed by atoms with E-state index in [0.29, 0.717) is 17.0 Å². The molecule has 17 heavy (non-hydrogen) atoms. The fourth-order valence-electron chi connectivity index (χ4n) is 1.57. The van der Waals surface area contributed by atoms with Crippen LogP contribution in [0.3, 0.4) is 0 Å². The second-order valence-corrected chi connectivity index (χ2v) is 6.73. The molecule has 0 atom stereocenters. The maximum absolute atomic E-state index is 12.2. The highest BCUT2D eigenvalue weighted by Crippen LogP contribution is 2.21. The number of carbonyl (C=O) groups excluding carboxylic acids is 1. The van der Waals surface area contributed by atoms with Gasteiger partial charge in [0.25, 0.3) is 10.0 Å². The summed E-state index contributed by atoms with van der Waals surface area (Å²) in [6, 6.07) is 0. The Morgan fingerprint density at radius 1 is 1.35 bits per heavy atom. The molecule has 0 unspecified atom stereocenters. The summed E-state index contributed by atoms with van der Waals surface area (Å²) in [5.74, 6) is -0.333. The Labute approximate surface area is 102 Å². The van der Waals surface area contributed by atoms with E-state index in [-0.39, 0.29) is 29.8 Å². The monoisotopic (exact) mass is 277 g/mol. The molecule has 1 fully saturated rings. The van der Waals surface area contributed by atoms with Crippen molar-refractivity contribution in [1.29, 1.82) is 0 Å². The minimum Gasteiger partial charge on any atom is -0.354 e. The van der Waals surface area contributed by atoms with Crippen molar-refractivity contribution >= 4 is 27.3 Å². The number of hydrogen-bond donors (Lipinski definition) is 2. The van der Waals surface area contributed by atoms with E-state index < -0.39 is 14.9 Å². The van der Waals surface area contributed by atoms with Crippen molar-refractivity contribution in [1.82, 2.24) is 14.6 Å². The molecular formula is C8H11N3O4S2. The van der Waals surface area contributed by atoms with Gasteiger partial charge in [-0.15, -0.1) is 0 Å². The lowest BCUT2D eigenvalue weighted by molar-refractivity contribution is -0.122. The molecule has 9 heteroatoms. The van der Waals surface area contributed by atoms with Crippen molar-refractivity contribution in [2.75, 3.05) is 19.6 Å². The third-order valence-electron chi connectivity index (χ3n) is 2.36. The van der Waals surface area contributed by atoms with E-state index in [1.165, 1.54) is 6.92 Å². The fraction of sp³-hybridized carbons (Fsp3) is 0.500. The van der Waals surface area contributed by atoms with E-state index in [2.05, 4.69) is 10.3 Å². The van der Waals surface area contributed by atoms with Crippen LogP contribution in [-0.2, 0) is 14.8 Å². The molecule has 2 heterocycles. The number of carbonyl (C=O) groups is 1. The lowest BCUT2D eigenvalue weighted by Crippen LogP contribution is -2.49. The number of amides is 1. The summed E-state index contributed by atoms with van der Waals surface area (Å²) in [6.07, 6.45) is 0. The highest BCUT2D eigenvalue weighted by molar-refractivity contribution is 7.91. The van der Waals surface area contributed by atoms with E-state index in [1.807, 2.05) is 0 Å². The van der Waals surface area contributed by atoms with Crippen molar-refractivity contribution < 1.29 is 13.2 Å². The van der Waals surface area contributed by atoms with Gasteiger partial charge in [0, 0.05) is 18.8 Å². The fourth-order valence-corrected chi connectivity index (χ4v) is 4.41. The van der Waals surface area contributed by atoms with Crippen molar-refractivity contribution in [3.05, 3.63) is 15.4 Å². The van der Waals surface area contributed by atoms with Crippen LogP contribution in [-0.4, -0.2) is 43.2 Å². The Bertz CT molecular complexity index is 601. The zero-order valence-electron chi connectivity index (χ0n) is 9.02. The number of hydrogen-bond acceptors (Lipinski definition) is 5. The van der Waals surface area contributed by atoms with Gasteiger partial charge in [-0.1, -0.05) is 11.3 Å². The molecule has 1 amide bonds. The largest absolute Gasteiger partial charge is 0.354 e. The molecule has 0 radical (unpaired) electrons. The smallest absolute Gasteiger partial charge is 0.305 e. The number of sulfonamides is 1. The first-order valence-corrected chi connectivity index (χ1v) is 7.13. The number of aryl methyl sites for hydroxylation is 1. The summed E-state index contributed by atoms with van der Waals surface area (Å²) in [6.45, 7) is 1.83. The number of rotatable bonds is 2. The van der Waals surface area contributed by atoms with Crippen LogP contribution in [0, 0.1) is 6.92 Å². The van der Waals surface area contributed by atoms with Crippen molar-refractivity contribution in [3.8, 4) is 0 Å². The summed E-state index contributed by atoms with van der Waals surface area (Å²) in [7, 11) is -3.75. The van der Waals surface area contributed by atoms with Crippen molar-refractivity contribution in [3.63, 3.8) is 0 Å². The molecule has 2 N–H and O–H groups in total. The zero-order chi connectivity index (χ0) is 12.6. The molecule has 1 aliphatic heterocycles. The number of H-pyrrole nitrogens is 1. The predicted octanol–water partition coefficient (Wildman–Crippen LogP) is -1.13. The van der Waals surface area contributed by atoms with E-state index >= 15 is 0 Å². The molecule has 0 saturated carbocycles. The third kappa shape index (κ3) is 2.26. The molecule has 1 saturated heterocycles. The topological polar surface area (TPSA) is 99.3 Å². The van der Waals surface area contributed by atoms with Crippen LogP contribution >= 0.6 is 11.3 Å². The van der Waals surface area contributed by atoms with Gasteiger partial charge in [0.05, 0.1) is 6.54 Å². The van der Waals surface area contributed by atoms with E-state index in [1.54, 1.807) is 0 Å². The lowest BCUT2D eigenvalue weighted by Gasteiger charge is -2.25. The van der Waals surface area contributed by atoms with Gasteiger partial charge in [0.2, 0.25) is 5.91 Å². The third-order valence-corrected chi connectivity index (χ3v) is 5.79. The quantitative estimate of drug-likeness (QED) is 0.714. The van der Waals surface area contributed by atoms with Gasteiger partial charge in [0.15, 0.2) is 4.21 Å². The Hall–Kier alpha value is -1.19. The number of nitrogens with one attached hydrogen (secondary N) is 2. The maximum Gasteiger partial charge on any atom is 0.305 e. The normalized spacial score (nSPS) is 18.1. The standard InChI is InChI=1S/C8H11N3O4S2/c1-5-7(16-8(13)10-5)17(14,15)11-3-2-9-6(12)4-11/h2-4H2,1H3,(H,9,12)(H,10,13). The molecule has 1 aromatic rings. The molecular weight excluding hydrogens is 266 g/mol. The van der Waals surface area contributed by atoms with E-state index in [4.69, 9.17) is 0 Å². The maximum atomic E-state index is 12.2. The first-order chi connectivity index (χ1) is 7.91. The van der Waals surface area contributed by atoms with Gasteiger partial charge < -0.3 is 10.3 Å². The molecule has 7 nitrogen and oxygen atoms in total. The van der Waals surface area contributed by atoms with Gasteiger partial charge in [-0.05, 0) is 6.92 Å². The number of aromatic nitrogens is 1. The second-order valence-electron chi connectivity index (χ2n) is 3.62. The first kappa shape index (κ1) is 12.3. The molecule has 94 valence electrons. The minimum absolute atomic E-state index is 0.0165. The summed E-state index contributed by atoms with van der Waals surface area (Å²) in [5, 5.41) is 2.54. The second kappa shape index (κ2) is 4.24. The van der Waals surface area contributed by atoms with Crippen molar-refractivity contribution in [2.45, 2.75) is 11.1 Å². The number of nitrogens with zero attached hydrogens (tertiary/aromatic N) is 1. The molecule has 0 aliphatic carbocycles. The highest BCUT2D eigenvalue weighted by Gasteiger charge is 2.31. The van der Waals surface area contributed by atoms with E-state index in [9.17, 15) is 18.0 Å². The molecule has 0 bridgehead atoms. The first-order valence-electron chi connectivity index (χ1n) is 4.88.